The molecule has 0 aliphatic carbocycles. The summed E-state index contributed by atoms with van der Waals surface area (Å²) < 4.78 is 4.90. The average molecular weight is 481 g/mol. The number of nitrogens with zero attached hydrogens (tertiary/aromatic N) is 2. The molecule has 1 unspecified atom stereocenters. The zero-order valence-corrected chi connectivity index (χ0v) is 20.4. The van der Waals surface area contributed by atoms with Crippen LogP contribution >= 0.6 is 11.6 Å². The summed E-state index contributed by atoms with van der Waals surface area (Å²) in [6.07, 6.45) is 3.44. The number of hydrogen-bond acceptors (Lipinski definition) is 5. The Bertz CT molecular complexity index is 1160. The van der Waals surface area contributed by atoms with Gasteiger partial charge in [-0.15, -0.1) is 0 Å². The number of ether oxygens (including phenoxy) is 1. The summed E-state index contributed by atoms with van der Waals surface area (Å²) in [7, 11) is 1.36. The molecule has 0 aliphatic rings. The van der Waals surface area contributed by atoms with E-state index in [9.17, 15) is 14.7 Å². The van der Waals surface area contributed by atoms with Crippen molar-refractivity contribution >= 4 is 23.5 Å². The van der Waals surface area contributed by atoms with Crippen molar-refractivity contribution in [3.05, 3.63) is 81.9 Å². The molecule has 7 heteroatoms. The SMILES string of the molecule is CCCCc1nc(Cl)c(C(CC)C(=O)O)c(Cc2ccc(-c3ccccc3C(=O)OC)cc2)n1. The highest BCUT2D eigenvalue weighted by atomic mass is 35.5. The molecule has 34 heavy (non-hydrogen) atoms. The minimum atomic E-state index is -0.940. The molecule has 0 saturated carbocycles. The van der Waals surface area contributed by atoms with E-state index in [-0.39, 0.29) is 11.1 Å². The number of halogens is 1. The van der Waals surface area contributed by atoms with Gasteiger partial charge >= 0.3 is 11.9 Å². The molecule has 3 aromatic rings. The van der Waals surface area contributed by atoms with E-state index >= 15 is 0 Å². The molecule has 0 spiro atoms. The van der Waals surface area contributed by atoms with Gasteiger partial charge in [-0.3, -0.25) is 4.79 Å². The third-order valence-corrected chi connectivity index (χ3v) is 6.09. The molecule has 1 heterocycles. The average Bonchev–Trinajstić information content (AvgIpc) is 2.84. The van der Waals surface area contributed by atoms with Gasteiger partial charge in [-0.1, -0.05) is 74.3 Å². The highest BCUT2D eigenvalue weighted by Gasteiger charge is 2.26. The third kappa shape index (κ3) is 5.81. The number of aryl methyl sites for hydroxylation is 1. The fraction of sp³-hybridized carbons (Fsp3) is 0.333. The standard InChI is InChI=1S/C27H29ClN2O4/c1-4-6-11-23-29-22(24(25(28)30-23)19(5-2)26(31)32)16-17-12-14-18(15-13-17)20-9-7-8-10-21(20)27(33)34-3/h7-10,12-15,19H,4-6,11,16H2,1-3H3,(H,31,32). The Kier molecular flexibility index (Phi) is 8.77. The van der Waals surface area contributed by atoms with E-state index in [1.54, 1.807) is 12.1 Å². The van der Waals surface area contributed by atoms with Gasteiger partial charge in [0.25, 0.3) is 0 Å². The van der Waals surface area contributed by atoms with Crippen LogP contribution in [0.5, 0.6) is 0 Å². The number of aromatic nitrogens is 2. The zero-order chi connectivity index (χ0) is 24.7. The number of carboxylic acids is 1. The second-order valence-electron chi connectivity index (χ2n) is 8.10. The van der Waals surface area contributed by atoms with Gasteiger partial charge in [0.15, 0.2) is 0 Å². The van der Waals surface area contributed by atoms with Crippen LogP contribution in [0.1, 0.15) is 72.0 Å². The van der Waals surface area contributed by atoms with E-state index in [1.807, 2.05) is 43.3 Å². The topological polar surface area (TPSA) is 89.4 Å². The zero-order valence-electron chi connectivity index (χ0n) is 19.7. The van der Waals surface area contributed by atoms with E-state index in [0.29, 0.717) is 41.9 Å². The minimum absolute atomic E-state index is 0.217. The summed E-state index contributed by atoms with van der Waals surface area (Å²) in [5.74, 6) is -1.47. The van der Waals surface area contributed by atoms with E-state index < -0.39 is 11.9 Å². The number of carboxylic acid groups (broad SMARTS) is 1. The third-order valence-electron chi connectivity index (χ3n) is 5.80. The summed E-state index contributed by atoms with van der Waals surface area (Å²) in [5.41, 5.74) is 4.24. The first kappa shape index (κ1) is 25.4. The minimum Gasteiger partial charge on any atom is -0.481 e. The number of esters is 1. The van der Waals surface area contributed by atoms with Crippen molar-refractivity contribution in [2.45, 2.75) is 51.9 Å². The largest absolute Gasteiger partial charge is 0.481 e. The van der Waals surface area contributed by atoms with Crippen molar-refractivity contribution in [1.29, 1.82) is 0 Å². The van der Waals surface area contributed by atoms with E-state index in [0.717, 1.165) is 29.5 Å². The van der Waals surface area contributed by atoms with Gasteiger partial charge in [-0.05, 0) is 35.6 Å². The predicted molar refractivity (Wildman–Crippen MR) is 132 cm³/mol. The lowest BCUT2D eigenvalue weighted by Gasteiger charge is -2.17. The highest BCUT2D eigenvalue weighted by Crippen LogP contribution is 2.31. The number of unbranched alkanes of at least 4 members (excludes halogenated alkanes) is 1. The maximum atomic E-state index is 12.1. The van der Waals surface area contributed by atoms with E-state index in [1.165, 1.54) is 7.11 Å². The number of rotatable bonds is 10. The summed E-state index contributed by atoms with van der Waals surface area (Å²) in [6.45, 7) is 3.91. The van der Waals surface area contributed by atoms with Crippen LogP contribution in [-0.2, 0) is 22.4 Å². The van der Waals surface area contributed by atoms with E-state index in [4.69, 9.17) is 21.3 Å². The van der Waals surface area contributed by atoms with Gasteiger partial charge in [0.05, 0.1) is 24.3 Å². The molecule has 178 valence electrons. The molecule has 3 rings (SSSR count). The van der Waals surface area contributed by atoms with Crippen LogP contribution in [0.15, 0.2) is 48.5 Å². The smallest absolute Gasteiger partial charge is 0.338 e. The van der Waals surface area contributed by atoms with Gasteiger partial charge in [0.2, 0.25) is 0 Å². The maximum absolute atomic E-state index is 12.1. The lowest BCUT2D eigenvalue weighted by atomic mass is 9.92. The van der Waals surface area contributed by atoms with Gasteiger partial charge in [0.1, 0.15) is 11.0 Å². The van der Waals surface area contributed by atoms with Crippen molar-refractivity contribution in [3.8, 4) is 11.1 Å². The van der Waals surface area contributed by atoms with Crippen LogP contribution in [0, 0.1) is 0 Å². The highest BCUT2D eigenvalue weighted by molar-refractivity contribution is 6.30. The Hall–Kier alpha value is -3.25. The molecule has 6 nitrogen and oxygen atoms in total. The lowest BCUT2D eigenvalue weighted by molar-refractivity contribution is -0.138. The number of carbonyl (C=O) groups excluding carboxylic acids is 1. The second kappa shape index (κ2) is 11.7. The van der Waals surface area contributed by atoms with Crippen LogP contribution in [0.3, 0.4) is 0 Å². The first-order valence-electron chi connectivity index (χ1n) is 11.4. The molecular formula is C27H29ClN2O4. The van der Waals surface area contributed by atoms with Crippen LogP contribution in [0.4, 0.5) is 0 Å². The Morgan fingerprint density at radius 3 is 2.38 bits per heavy atom. The molecule has 0 fully saturated rings. The molecular weight excluding hydrogens is 452 g/mol. The normalized spacial score (nSPS) is 11.8. The van der Waals surface area contributed by atoms with Gasteiger partial charge in [-0.2, -0.15) is 0 Å². The molecule has 1 atom stereocenters. The number of benzene rings is 2. The van der Waals surface area contributed by atoms with Crippen LogP contribution in [-0.4, -0.2) is 34.1 Å². The first-order valence-corrected chi connectivity index (χ1v) is 11.8. The Morgan fingerprint density at radius 1 is 1.06 bits per heavy atom. The quantitative estimate of drug-likeness (QED) is 0.279. The van der Waals surface area contributed by atoms with Crippen LogP contribution < -0.4 is 0 Å². The first-order chi connectivity index (χ1) is 16.4. The molecule has 0 radical (unpaired) electrons. The maximum Gasteiger partial charge on any atom is 0.338 e. The van der Waals surface area contributed by atoms with Crippen molar-refractivity contribution in [3.63, 3.8) is 0 Å². The Labute approximate surface area is 205 Å². The molecule has 2 aromatic carbocycles. The second-order valence-corrected chi connectivity index (χ2v) is 8.46. The monoisotopic (exact) mass is 480 g/mol. The molecule has 1 N–H and O–H groups in total. The number of carbonyl (C=O) groups is 2. The molecule has 0 amide bonds. The number of methoxy groups -OCH3 is 1. The van der Waals surface area contributed by atoms with Crippen LogP contribution in [0.2, 0.25) is 5.15 Å². The Balaban J connectivity index is 1.98. The summed E-state index contributed by atoms with van der Waals surface area (Å²) >= 11 is 6.51. The molecule has 0 saturated heterocycles. The summed E-state index contributed by atoms with van der Waals surface area (Å²) in [5, 5.41) is 9.97. The van der Waals surface area contributed by atoms with Crippen molar-refractivity contribution in [1.82, 2.24) is 9.97 Å². The summed E-state index contributed by atoms with van der Waals surface area (Å²) in [4.78, 5) is 33.2. The fourth-order valence-corrected chi connectivity index (χ4v) is 4.32. The Morgan fingerprint density at radius 2 is 1.76 bits per heavy atom. The number of aliphatic carboxylic acids is 1. The van der Waals surface area contributed by atoms with Gasteiger partial charge in [-0.25, -0.2) is 14.8 Å². The van der Waals surface area contributed by atoms with Crippen molar-refractivity contribution in [2.24, 2.45) is 0 Å². The van der Waals surface area contributed by atoms with E-state index in [2.05, 4.69) is 11.9 Å². The molecule has 0 bridgehead atoms. The molecule has 0 aliphatic heterocycles. The lowest BCUT2D eigenvalue weighted by Crippen LogP contribution is -2.17. The van der Waals surface area contributed by atoms with Crippen LogP contribution in [0.25, 0.3) is 11.1 Å². The van der Waals surface area contributed by atoms with Gasteiger partial charge < -0.3 is 9.84 Å². The fourth-order valence-electron chi connectivity index (χ4n) is 3.98. The predicted octanol–water partition coefficient (Wildman–Crippen LogP) is 6.10. The van der Waals surface area contributed by atoms with Crippen molar-refractivity contribution in [2.75, 3.05) is 7.11 Å². The summed E-state index contributed by atoms with van der Waals surface area (Å²) in [6, 6.07) is 15.1. The van der Waals surface area contributed by atoms with Gasteiger partial charge in [0, 0.05) is 18.4 Å². The number of hydrogen-bond donors (Lipinski definition) is 1. The van der Waals surface area contributed by atoms with Crippen molar-refractivity contribution < 1.29 is 19.4 Å². The molecule has 1 aromatic heterocycles.